The maximum atomic E-state index is 12.9. The molecule has 0 amide bonds. The van der Waals surface area contributed by atoms with Crippen LogP contribution in [-0.2, 0) is 16.4 Å². The Morgan fingerprint density at radius 2 is 1.77 bits per heavy atom. The van der Waals surface area contributed by atoms with Gasteiger partial charge in [0.15, 0.2) is 0 Å². The Morgan fingerprint density at radius 1 is 1.09 bits per heavy atom. The lowest BCUT2D eigenvalue weighted by atomic mass is 10.1. The summed E-state index contributed by atoms with van der Waals surface area (Å²) in [5.74, 6) is 0. The van der Waals surface area contributed by atoms with Gasteiger partial charge in [-0.05, 0) is 43.2 Å². The van der Waals surface area contributed by atoms with Crippen LogP contribution in [0.1, 0.15) is 18.1 Å². The summed E-state index contributed by atoms with van der Waals surface area (Å²) in [6, 6.07) is 12.6. The average Bonchev–Trinajstić information content (AvgIpc) is 2.88. The average molecular weight is 378 g/mol. The van der Waals surface area contributed by atoms with Gasteiger partial charge in [-0.2, -0.15) is 0 Å². The second-order valence-corrected chi connectivity index (χ2v) is 7.93. The highest BCUT2D eigenvalue weighted by Crippen LogP contribution is 2.31. The first kappa shape index (κ1) is 15.3. The summed E-state index contributed by atoms with van der Waals surface area (Å²) >= 11 is 3.53. The van der Waals surface area contributed by atoms with E-state index in [2.05, 4.69) is 15.9 Å². The van der Waals surface area contributed by atoms with Gasteiger partial charge in [0.25, 0.3) is 10.0 Å². The molecule has 0 aliphatic rings. The molecular weight excluding hydrogens is 362 g/mol. The van der Waals surface area contributed by atoms with E-state index in [0.717, 1.165) is 27.4 Å². The van der Waals surface area contributed by atoms with Crippen molar-refractivity contribution in [3.63, 3.8) is 0 Å². The molecule has 0 bridgehead atoms. The SMILES string of the molecule is CCc1cn(S(=O)(=O)c2ccc(C)cc2)c2cccc(Br)c12. The molecular formula is C17H16BrNO2S. The van der Waals surface area contributed by atoms with Crippen LogP contribution in [0.5, 0.6) is 0 Å². The van der Waals surface area contributed by atoms with Gasteiger partial charge in [0.1, 0.15) is 0 Å². The molecule has 3 nitrogen and oxygen atoms in total. The molecule has 22 heavy (non-hydrogen) atoms. The van der Waals surface area contributed by atoms with Gasteiger partial charge in [0.05, 0.1) is 10.4 Å². The van der Waals surface area contributed by atoms with Crippen LogP contribution in [0.25, 0.3) is 10.9 Å². The topological polar surface area (TPSA) is 39.1 Å². The molecule has 1 heterocycles. The van der Waals surface area contributed by atoms with Gasteiger partial charge in [-0.3, -0.25) is 0 Å². The maximum absolute atomic E-state index is 12.9. The highest BCUT2D eigenvalue weighted by Gasteiger charge is 2.21. The summed E-state index contributed by atoms with van der Waals surface area (Å²) in [7, 11) is -3.59. The molecule has 0 spiro atoms. The lowest BCUT2D eigenvalue weighted by Crippen LogP contribution is -2.11. The van der Waals surface area contributed by atoms with E-state index in [1.165, 1.54) is 3.97 Å². The van der Waals surface area contributed by atoms with E-state index in [0.29, 0.717) is 10.4 Å². The van der Waals surface area contributed by atoms with E-state index in [-0.39, 0.29) is 0 Å². The molecule has 0 saturated carbocycles. The summed E-state index contributed by atoms with van der Waals surface area (Å²) in [5.41, 5.74) is 2.75. The Balaban J connectivity index is 2.30. The second-order valence-electron chi connectivity index (χ2n) is 5.26. The predicted molar refractivity (Wildman–Crippen MR) is 92.8 cm³/mol. The third kappa shape index (κ3) is 2.38. The Labute approximate surface area is 138 Å². The highest BCUT2D eigenvalue weighted by atomic mass is 79.9. The first-order valence-corrected chi connectivity index (χ1v) is 9.29. The molecule has 0 aliphatic carbocycles. The molecule has 0 saturated heterocycles. The number of nitrogens with zero attached hydrogens (tertiary/aromatic N) is 1. The number of aryl methyl sites for hydroxylation is 2. The first-order valence-electron chi connectivity index (χ1n) is 7.06. The standard InChI is InChI=1S/C17H16BrNO2S/c1-3-13-11-19(16-6-4-5-15(18)17(13)16)22(20,21)14-9-7-12(2)8-10-14/h4-11H,3H2,1-2H3. The van der Waals surface area contributed by atoms with Crippen LogP contribution in [0.2, 0.25) is 0 Å². The Hall–Kier alpha value is -1.59. The summed E-state index contributed by atoms with van der Waals surface area (Å²) in [4.78, 5) is 0.303. The van der Waals surface area contributed by atoms with Crippen LogP contribution < -0.4 is 0 Å². The zero-order chi connectivity index (χ0) is 15.9. The van der Waals surface area contributed by atoms with Gasteiger partial charge in [-0.25, -0.2) is 12.4 Å². The second kappa shape index (κ2) is 5.56. The van der Waals surface area contributed by atoms with Crippen molar-refractivity contribution in [2.75, 3.05) is 0 Å². The maximum Gasteiger partial charge on any atom is 0.268 e. The number of fused-ring (bicyclic) bond motifs is 1. The van der Waals surface area contributed by atoms with Gasteiger partial charge in [-0.15, -0.1) is 0 Å². The quantitative estimate of drug-likeness (QED) is 0.673. The summed E-state index contributed by atoms with van der Waals surface area (Å²) in [5, 5.41) is 0.959. The number of aromatic nitrogens is 1. The first-order chi connectivity index (χ1) is 10.4. The number of hydrogen-bond acceptors (Lipinski definition) is 2. The lowest BCUT2D eigenvalue weighted by molar-refractivity contribution is 0.589. The van der Waals surface area contributed by atoms with Crippen LogP contribution in [0.4, 0.5) is 0 Å². The number of halogens is 1. The van der Waals surface area contributed by atoms with Crippen molar-refractivity contribution in [1.82, 2.24) is 3.97 Å². The van der Waals surface area contributed by atoms with E-state index >= 15 is 0 Å². The number of rotatable bonds is 3. The van der Waals surface area contributed by atoms with Crippen LogP contribution in [-0.4, -0.2) is 12.4 Å². The summed E-state index contributed by atoms with van der Waals surface area (Å²) in [6.45, 7) is 3.96. The molecule has 1 aromatic heterocycles. The van der Waals surface area contributed by atoms with E-state index < -0.39 is 10.0 Å². The lowest BCUT2D eigenvalue weighted by Gasteiger charge is -2.08. The molecule has 114 valence electrons. The minimum absolute atomic E-state index is 0.303. The third-order valence-corrected chi connectivity index (χ3v) is 6.13. The van der Waals surface area contributed by atoms with Crippen molar-refractivity contribution >= 4 is 36.9 Å². The molecule has 0 aliphatic heterocycles. The molecule has 0 fully saturated rings. The number of benzene rings is 2. The van der Waals surface area contributed by atoms with Gasteiger partial charge in [0.2, 0.25) is 0 Å². The predicted octanol–water partition coefficient (Wildman–Crippen LogP) is 4.51. The van der Waals surface area contributed by atoms with E-state index in [4.69, 9.17) is 0 Å². The summed E-state index contributed by atoms with van der Waals surface area (Å²) < 4.78 is 28.2. The minimum Gasteiger partial charge on any atom is -0.241 e. The normalized spacial score (nSPS) is 12.0. The molecule has 3 rings (SSSR count). The molecule has 3 aromatic rings. The van der Waals surface area contributed by atoms with E-state index in [9.17, 15) is 8.42 Å². The fraction of sp³-hybridized carbons (Fsp3) is 0.176. The molecule has 2 aromatic carbocycles. The third-order valence-electron chi connectivity index (χ3n) is 3.78. The molecule has 0 atom stereocenters. The van der Waals surface area contributed by atoms with Crippen molar-refractivity contribution in [3.05, 3.63) is 64.3 Å². The molecule has 0 unspecified atom stereocenters. The van der Waals surface area contributed by atoms with Crippen LogP contribution in [0, 0.1) is 6.92 Å². The smallest absolute Gasteiger partial charge is 0.241 e. The van der Waals surface area contributed by atoms with Crippen LogP contribution in [0.15, 0.2) is 58.0 Å². The monoisotopic (exact) mass is 377 g/mol. The van der Waals surface area contributed by atoms with E-state index in [1.807, 2.05) is 44.2 Å². The molecule has 0 N–H and O–H groups in total. The fourth-order valence-corrected chi connectivity index (χ4v) is 4.58. The van der Waals surface area contributed by atoms with E-state index in [1.54, 1.807) is 18.3 Å². The minimum atomic E-state index is -3.59. The van der Waals surface area contributed by atoms with Gasteiger partial charge >= 0.3 is 0 Å². The van der Waals surface area contributed by atoms with Gasteiger partial charge < -0.3 is 0 Å². The Morgan fingerprint density at radius 3 is 2.41 bits per heavy atom. The van der Waals surface area contributed by atoms with Crippen molar-refractivity contribution in [3.8, 4) is 0 Å². The van der Waals surface area contributed by atoms with Gasteiger partial charge in [-0.1, -0.05) is 46.6 Å². The highest BCUT2D eigenvalue weighted by molar-refractivity contribution is 9.10. The largest absolute Gasteiger partial charge is 0.268 e. The van der Waals surface area contributed by atoms with Gasteiger partial charge in [0, 0.05) is 16.1 Å². The molecule has 0 radical (unpaired) electrons. The zero-order valence-corrected chi connectivity index (χ0v) is 14.8. The van der Waals surface area contributed by atoms with Crippen LogP contribution in [0.3, 0.4) is 0 Å². The Bertz CT molecular complexity index is 941. The van der Waals surface area contributed by atoms with Crippen molar-refractivity contribution in [2.24, 2.45) is 0 Å². The number of hydrogen-bond donors (Lipinski definition) is 0. The van der Waals surface area contributed by atoms with Crippen molar-refractivity contribution in [1.29, 1.82) is 0 Å². The van der Waals surface area contributed by atoms with Crippen LogP contribution >= 0.6 is 15.9 Å². The molecule has 5 heteroatoms. The Kier molecular flexibility index (Phi) is 3.87. The fourth-order valence-electron chi connectivity index (χ4n) is 2.58. The summed E-state index contributed by atoms with van der Waals surface area (Å²) in [6.07, 6.45) is 2.50. The zero-order valence-electron chi connectivity index (χ0n) is 12.4. The van der Waals surface area contributed by atoms with Crippen molar-refractivity contribution < 1.29 is 8.42 Å². The van der Waals surface area contributed by atoms with Crippen molar-refractivity contribution in [2.45, 2.75) is 25.2 Å².